The maximum Gasteiger partial charge on any atom is 0.0668 e. The molecule has 0 aliphatic rings. The zero-order valence-corrected chi connectivity index (χ0v) is 8.19. The molecule has 0 saturated heterocycles. The molecule has 0 N–H and O–H groups in total. The Morgan fingerprint density at radius 2 is 2.36 bits per heavy atom. The minimum absolute atomic E-state index is 0.425. The van der Waals surface area contributed by atoms with Crippen molar-refractivity contribution < 1.29 is 0 Å². The number of pyridine rings is 1. The van der Waals surface area contributed by atoms with Gasteiger partial charge in [-0.2, -0.15) is 0 Å². The van der Waals surface area contributed by atoms with Gasteiger partial charge in [-0.25, -0.2) is 0 Å². The van der Waals surface area contributed by atoms with Crippen LogP contribution < -0.4 is 0 Å². The van der Waals surface area contributed by atoms with Crippen molar-refractivity contribution in [3.05, 3.63) is 35.1 Å². The lowest BCUT2D eigenvalue weighted by atomic mass is 10.2. The van der Waals surface area contributed by atoms with Crippen LogP contribution in [-0.2, 0) is 0 Å². The number of nitrogens with zero attached hydrogens (tertiary/aromatic N) is 1. The van der Waals surface area contributed by atoms with Crippen molar-refractivity contribution in [1.82, 2.24) is 4.98 Å². The van der Waals surface area contributed by atoms with Crippen LogP contribution in [-0.4, -0.2) is 10.9 Å². The van der Waals surface area contributed by atoms with E-state index in [2.05, 4.69) is 27.5 Å². The van der Waals surface area contributed by atoms with Gasteiger partial charge < -0.3 is 0 Å². The fourth-order valence-corrected chi connectivity index (χ4v) is 1.02. The van der Waals surface area contributed by atoms with Crippen LogP contribution in [0.15, 0.2) is 29.4 Å². The van der Waals surface area contributed by atoms with Gasteiger partial charge in [0.05, 0.1) is 5.69 Å². The van der Waals surface area contributed by atoms with E-state index in [0.29, 0.717) is 5.88 Å². The third-order valence-corrected chi connectivity index (χ3v) is 2.04. The second-order valence-electron chi connectivity index (χ2n) is 2.10. The Bertz CT molecular complexity index is 255. The average Bonchev–Trinajstić information content (AvgIpc) is 2.05. The van der Waals surface area contributed by atoms with E-state index in [1.165, 1.54) is 0 Å². The van der Waals surface area contributed by atoms with Crippen LogP contribution in [0.2, 0.25) is 0 Å². The zero-order chi connectivity index (χ0) is 8.27. The molecule has 0 radical (unpaired) electrons. The monoisotopic (exact) mass is 231 g/mol. The van der Waals surface area contributed by atoms with E-state index in [1.807, 2.05) is 12.1 Å². The van der Waals surface area contributed by atoms with Gasteiger partial charge in [-0.05, 0) is 33.6 Å². The highest BCUT2D eigenvalue weighted by Gasteiger charge is 1.96. The fraction of sp³-hybridized carbons (Fsp3) is 0.125. The predicted octanol–water partition coefficient (Wildman–Crippen LogP) is 3.10. The van der Waals surface area contributed by atoms with Gasteiger partial charge in [0, 0.05) is 16.5 Å². The lowest BCUT2D eigenvalue weighted by Crippen LogP contribution is -1.87. The smallest absolute Gasteiger partial charge is 0.0668 e. The minimum Gasteiger partial charge on any atom is -0.255 e. The summed E-state index contributed by atoms with van der Waals surface area (Å²) in [5.41, 5.74) is 1.70. The molecule has 1 aromatic heterocycles. The summed E-state index contributed by atoms with van der Waals surface area (Å²) in [7, 11) is 0. The first-order valence-electron chi connectivity index (χ1n) is 3.09. The van der Waals surface area contributed by atoms with Gasteiger partial charge in [-0.1, -0.05) is 6.58 Å². The maximum atomic E-state index is 5.58. The Hall–Kier alpha value is -0.340. The first-order chi connectivity index (χ1) is 5.24. The standard InChI is InChI=1S/C8H7BrClN/c1-6(4-10)8-3-2-7(9)5-11-8/h2-3,5H,1,4H2. The first-order valence-corrected chi connectivity index (χ1v) is 4.42. The van der Waals surface area contributed by atoms with Crippen LogP contribution in [0.4, 0.5) is 0 Å². The number of hydrogen-bond acceptors (Lipinski definition) is 1. The molecule has 1 heterocycles. The molecule has 0 bridgehead atoms. The Morgan fingerprint density at radius 3 is 2.82 bits per heavy atom. The van der Waals surface area contributed by atoms with Crippen LogP contribution in [0, 0.1) is 0 Å². The van der Waals surface area contributed by atoms with Gasteiger partial charge in [0.1, 0.15) is 0 Å². The Labute approximate surface area is 79.2 Å². The molecule has 0 atom stereocenters. The van der Waals surface area contributed by atoms with Crippen LogP contribution >= 0.6 is 27.5 Å². The molecule has 11 heavy (non-hydrogen) atoms. The second kappa shape index (κ2) is 3.88. The van der Waals surface area contributed by atoms with Gasteiger partial charge in [0.15, 0.2) is 0 Å². The zero-order valence-electron chi connectivity index (χ0n) is 5.85. The molecule has 0 saturated carbocycles. The molecule has 3 heteroatoms. The van der Waals surface area contributed by atoms with Gasteiger partial charge in [-0.3, -0.25) is 4.98 Å². The number of alkyl halides is 1. The van der Waals surface area contributed by atoms with Gasteiger partial charge in [0.25, 0.3) is 0 Å². The quantitative estimate of drug-likeness (QED) is 0.714. The van der Waals surface area contributed by atoms with Gasteiger partial charge in [-0.15, -0.1) is 11.6 Å². The van der Waals surface area contributed by atoms with E-state index in [-0.39, 0.29) is 0 Å². The van der Waals surface area contributed by atoms with Gasteiger partial charge >= 0.3 is 0 Å². The van der Waals surface area contributed by atoms with E-state index in [1.54, 1.807) is 6.20 Å². The summed E-state index contributed by atoms with van der Waals surface area (Å²) in [5.74, 6) is 0.425. The lowest BCUT2D eigenvalue weighted by molar-refractivity contribution is 1.26. The van der Waals surface area contributed by atoms with Crippen molar-refractivity contribution in [2.45, 2.75) is 0 Å². The summed E-state index contributed by atoms with van der Waals surface area (Å²) in [5, 5.41) is 0. The number of halogens is 2. The summed E-state index contributed by atoms with van der Waals surface area (Å²) in [6, 6.07) is 3.80. The molecule has 0 amide bonds. The Balaban J connectivity index is 2.90. The van der Waals surface area contributed by atoms with E-state index in [4.69, 9.17) is 11.6 Å². The molecular formula is C8H7BrClN. The highest BCUT2D eigenvalue weighted by Crippen LogP contribution is 2.13. The van der Waals surface area contributed by atoms with E-state index in [0.717, 1.165) is 15.7 Å². The largest absolute Gasteiger partial charge is 0.255 e. The summed E-state index contributed by atoms with van der Waals surface area (Å²) >= 11 is 8.87. The summed E-state index contributed by atoms with van der Waals surface area (Å²) in [6.45, 7) is 3.76. The molecule has 0 aliphatic carbocycles. The van der Waals surface area contributed by atoms with Gasteiger partial charge in [0.2, 0.25) is 0 Å². The predicted molar refractivity (Wildman–Crippen MR) is 51.7 cm³/mol. The average molecular weight is 233 g/mol. The van der Waals surface area contributed by atoms with Crippen molar-refractivity contribution in [2.24, 2.45) is 0 Å². The summed E-state index contributed by atoms with van der Waals surface area (Å²) < 4.78 is 0.962. The first kappa shape index (κ1) is 8.75. The summed E-state index contributed by atoms with van der Waals surface area (Å²) in [4.78, 5) is 4.12. The van der Waals surface area contributed by atoms with E-state index in [9.17, 15) is 0 Å². The molecule has 1 nitrogen and oxygen atoms in total. The number of rotatable bonds is 2. The molecular weight excluding hydrogens is 225 g/mol. The number of aromatic nitrogens is 1. The van der Waals surface area contributed by atoms with Crippen LogP contribution in [0.3, 0.4) is 0 Å². The van der Waals surface area contributed by atoms with Crippen molar-refractivity contribution >= 4 is 33.1 Å². The summed E-state index contributed by atoms with van der Waals surface area (Å²) in [6.07, 6.45) is 1.73. The molecule has 58 valence electrons. The third-order valence-electron chi connectivity index (χ3n) is 1.25. The van der Waals surface area contributed by atoms with Crippen LogP contribution in [0.1, 0.15) is 5.69 Å². The highest BCUT2D eigenvalue weighted by atomic mass is 79.9. The maximum absolute atomic E-state index is 5.58. The Morgan fingerprint density at radius 1 is 1.64 bits per heavy atom. The van der Waals surface area contributed by atoms with Crippen molar-refractivity contribution in [3.63, 3.8) is 0 Å². The topological polar surface area (TPSA) is 12.9 Å². The number of allylic oxidation sites excluding steroid dienone is 1. The van der Waals surface area contributed by atoms with Crippen molar-refractivity contribution in [3.8, 4) is 0 Å². The lowest BCUT2D eigenvalue weighted by Gasteiger charge is -1.98. The third kappa shape index (κ3) is 2.31. The fourth-order valence-electron chi connectivity index (χ4n) is 0.653. The van der Waals surface area contributed by atoms with Crippen molar-refractivity contribution in [1.29, 1.82) is 0 Å². The molecule has 0 unspecified atom stereocenters. The molecule has 0 aliphatic heterocycles. The van der Waals surface area contributed by atoms with Crippen molar-refractivity contribution in [2.75, 3.05) is 5.88 Å². The number of hydrogen-bond donors (Lipinski definition) is 0. The van der Waals surface area contributed by atoms with Crippen LogP contribution in [0.5, 0.6) is 0 Å². The molecule has 0 aromatic carbocycles. The molecule has 0 spiro atoms. The second-order valence-corrected chi connectivity index (χ2v) is 3.28. The highest BCUT2D eigenvalue weighted by molar-refractivity contribution is 9.10. The Kier molecular flexibility index (Phi) is 3.09. The molecule has 1 aromatic rings. The minimum atomic E-state index is 0.425. The SMILES string of the molecule is C=C(CCl)c1ccc(Br)cn1. The molecule has 0 fully saturated rings. The normalized spacial score (nSPS) is 9.64. The van der Waals surface area contributed by atoms with E-state index >= 15 is 0 Å². The van der Waals surface area contributed by atoms with Crippen LogP contribution in [0.25, 0.3) is 5.57 Å². The van der Waals surface area contributed by atoms with E-state index < -0.39 is 0 Å². The molecule has 1 rings (SSSR count).